The van der Waals surface area contributed by atoms with E-state index in [9.17, 15) is 13.6 Å². The summed E-state index contributed by atoms with van der Waals surface area (Å²) in [5, 5.41) is 5.35. The van der Waals surface area contributed by atoms with E-state index in [2.05, 4.69) is 26.6 Å². The molecule has 1 unspecified atom stereocenters. The highest BCUT2D eigenvalue weighted by molar-refractivity contribution is 9.10. The van der Waals surface area contributed by atoms with Crippen molar-refractivity contribution >= 4 is 27.5 Å². The van der Waals surface area contributed by atoms with Crippen LogP contribution in [-0.4, -0.2) is 18.5 Å². The van der Waals surface area contributed by atoms with Gasteiger partial charge in [-0.25, -0.2) is 8.78 Å². The van der Waals surface area contributed by atoms with E-state index in [0.717, 1.165) is 12.1 Å². The first kappa shape index (κ1) is 15.9. The Labute approximate surface area is 119 Å². The van der Waals surface area contributed by atoms with Crippen LogP contribution in [0.25, 0.3) is 0 Å². The number of rotatable bonds is 5. The Balaban J connectivity index is 2.58. The van der Waals surface area contributed by atoms with Crippen LogP contribution >= 0.6 is 15.9 Å². The van der Waals surface area contributed by atoms with Crippen LogP contribution in [0.2, 0.25) is 0 Å². The van der Waals surface area contributed by atoms with Gasteiger partial charge in [0, 0.05) is 12.1 Å². The lowest BCUT2D eigenvalue weighted by molar-refractivity contribution is -0.120. The highest BCUT2D eigenvalue weighted by atomic mass is 79.9. The van der Waals surface area contributed by atoms with Crippen molar-refractivity contribution in [1.29, 1.82) is 0 Å². The maximum atomic E-state index is 13.5. The molecule has 6 heteroatoms. The fourth-order valence-electron chi connectivity index (χ4n) is 1.31. The number of nitrogens with one attached hydrogen (secondary N) is 2. The first-order chi connectivity index (χ1) is 8.81. The molecule has 0 fully saturated rings. The van der Waals surface area contributed by atoms with E-state index in [1.807, 2.05) is 20.8 Å². The van der Waals surface area contributed by atoms with E-state index in [1.165, 1.54) is 0 Å². The van der Waals surface area contributed by atoms with Crippen LogP contribution in [0.5, 0.6) is 0 Å². The molecular weight excluding hydrogens is 318 g/mol. The molecule has 19 heavy (non-hydrogen) atoms. The Morgan fingerprint density at radius 2 is 1.89 bits per heavy atom. The number of halogens is 3. The predicted octanol–water partition coefficient (Wildman–Crippen LogP) is 3.30. The third-order valence-electron chi connectivity index (χ3n) is 2.84. The van der Waals surface area contributed by atoms with Gasteiger partial charge in [0.15, 0.2) is 0 Å². The molecule has 1 aromatic carbocycles. The van der Waals surface area contributed by atoms with E-state index in [0.29, 0.717) is 5.92 Å². The standard InChI is InChI=1S/C13H17BrF2N2O/c1-7(2)8(3)18-13(19)6-17-12-5-10(15)9(14)4-11(12)16/h4-5,7-8,17H,6H2,1-3H3,(H,18,19). The van der Waals surface area contributed by atoms with Gasteiger partial charge in [-0.15, -0.1) is 0 Å². The van der Waals surface area contributed by atoms with Gasteiger partial charge >= 0.3 is 0 Å². The molecule has 1 atom stereocenters. The topological polar surface area (TPSA) is 41.1 Å². The van der Waals surface area contributed by atoms with Crippen molar-refractivity contribution in [3.8, 4) is 0 Å². The molecule has 0 saturated carbocycles. The van der Waals surface area contributed by atoms with Crippen LogP contribution in [0.3, 0.4) is 0 Å². The average Bonchev–Trinajstić information content (AvgIpc) is 2.32. The summed E-state index contributed by atoms with van der Waals surface area (Å²) in [6, 6.07) is 2.06. The molecule has 0 bridgehead atoms. The molecule has 0 heterocycles. The number of benzene rings is 1. The third kappa shape index (κ3) is 4.78. The highest BCUT2D eigenvalue weighted by Crippen LogP contribution is 2.23. The zero-order valence-electron chi connectivity index (χ0n) is 11.1. The van der Waals surface area contributed by atoms with Crippen LogP contribution < -0.4 is 10.6 Å². The number of carbonyl (C=O) groups excluding carboxylic acids is 1. The van der Waals surface area contributed by atoms with E-state index < -0.39 is 11.6 Å². The van der Waals surface area contributed by atoms with Gasteiger partial charge < -0.3 is 10.6 Å². The zero-order valence-corrected chi connectivity index (χ0v) is 12.6. The van der Waals surface area contributed by atoms with E-state index in [4.69, 9.17) is 0 Å². The Morgan fingerprint density at radius 1 is 1.26 bits per heavy atom. The number of hydrogen-bond acceptors (Lipinski definition) is 2. The molecule has 3 nitrogen and oxygen atoms in total. The van der Waals surface area contributed by atoms with Crippen molar-refractivity contribution in [2.45, 2.75) is 26.8 Å². The lowest BCUT2D eigenvalue weighted by Gasteiger charge is -2.17. The fourth-order valence-corrected chi connectivity index (χ4v) is 1.62. The first-order valence-electron chi connectivity index (χ1n) is 5.99. The molecule has 0 radical (unpaired) electrons. The van der Waals surface area contributed by atoms with Gasteiger partial charge in [0.05, 0.1) is 16.7 Å². The predicted molar refractivity (Wildman–Crippen MR) is 75.0 cm³/mol. The van der Waals surface area contributed by atoms with Crippen LogP contribution in [-0.2, 0) is 4.79 Å². The monoisotopic (exact) mass is 334 g/mol. The van der Waals surface area contributed by atoms with Crippen molar-refractivity contribution < 1.29 is 13.6 Å². The Kier molecular flexibility index (Phi) is 5.72. The van der Waals surface area contributed by atoms with Crippen molar-refractivity contribution in [3.63, 3.8) is 0 Å². The lowest BCUT2D eigenvalue weighted by Crippen LogP contribution is -2.39. The van der Waals surface area contributed by atoms with Gasteiger partial charge in [-0.3, -0.25) is 4.79 Å². The van der Waals surface area contributed by atoms with Gasteiger partial charge in [-0.05, 0) is 34.8 Å². The molecule has 0 aliphatic heterocycles. The fraction of sp³-hybridized carbons (Fsp3) is 0.462. The van der Waals surface area contributed by atoms with Crippen LogP contribution in [0, 0.1) is 17.6 Å². The van der Waals surface area contributed by atoms with Crippen molar-refractivity contribution in [2.75, 3.05) is 11.9 Å². The van der Waals surface area contributed by atoms with Gasteiger partial charge in [-0.2, -0.15) is 0 Å². The SMILES string of the molecule is CC(C)C(C)NC(=O)CNc1cc(F)c(Br)cc1F. The summed E-state index contributed by atoms with van der Waals surface area (Å²) in [4.78, 5) is 11.6. The highest BCUT2D eigenvalue weighted by Gasteiger charge is 2.12. The summed E-state index contributed by atoms with van der Waals surface area (Å²) in [7, 11) is 0. The normalized spacial score (nSPS) is 12.4. The second-order valence-corrected chi connectivity index (χ2v) is 5.55. The minimum absolute atomic E-state index is 0.0285. The van der Waals surface area contributed by atoms with Crippen LogP contribution in [0.1, 0.15) is 20.8 Å². The maximum absolute atomic E-state index is 13.5. The van der Waals surface area contributed by atoms with E-state index in [-0.39, 0.29) is 28.7 Å². The summed E-state index contributed by atoms with van der Waals surface area (Å²) in [6.07, 6.45) is 0. The Hall–Kier alpha value is -1.17. The molecule has 0 saturated heterocycles. The molecule has 0 aliphatic carbocycles. The summed E-state index contributed by atoms with van der Waals surface area (Å²) < 4.78 is 26.8. The van der Waals surface area contributed by atoms with Crippen molar-refractivity contribution in [1.82, 2.24) is 5.32 Å². The molecule has 0 aromatic heterocycles. The second kappa shape index (κ2) is 6.84. The second-order valence-electron chi connectivity index (χ2n) is 4.70. The number of anilines is 1. The summed E-state index contributed by atoms with van der Waals surface area (Å²) in [5.74, 6) is -1.15. The minimum Gasteiger partial charge on any atom is -0.374 e. The number of amides is 1. The van der Waals surface area contributed by atoms with Gasteiger partial charge in [0.1, 0.15) is 11.6 Å². The number of carbonyl (C=O) groups is 1. The summed E-state index contributed by atoms with van der Waals surface area (Å²) >= 11 is 2.89. The maximum Gasteiger partial charge on any atom is 0.239 e. The molecule has 1 rings (SSSR count). The third-order valence-corrected chi connectivity index (χ3v) is 3.45. The summed E-state index contributed by atoms with van der Waals surface area (Å²) in [6.45, 7) is 5.77. The van der Waals surface area contributed by atoms with E-state index in [1.54, 1.807) is 0 Å². The zero-order chi connectivity index (χ0) is 14.6. The average molecular weight is 335 g/mol. The Bertz CT molecular complexity index is 466. The van der Waals surface area contributed by atoms with E-state index >= 15 is 0 Å². The van der Waals surface area contributed by atoms with Crippen LogP contribution in [0.15, 0.2) is 16.6 Å². The van der Waals surface area contributed by atoms with Gasteiger partial charge in [0.2, 0.25) is 5.91 Å². The number of hydrogen-bond donors (Lipinski definition) is 2. The molecule has 2 N–H and O–H groups in total. The van der Waals surface area contributed by atoms with Crippen LogP contribution in [0.4, 0.5) is 14.5 Å². The lowest BCUT2D eigenvalue weighted by atomic mass is 10.1. The molecule has 1 aromatic rings. The quantitative estimate of drug-likeness (QED) is 0.811. The smallest absolute Gasteiger partial charge is 0.239 e. The van der Waals surface area contributed by atoms with Gasteiger partial charge in [0.25, 0.3) is 0 Å². The van der Waals surface area contributed by atoms with Gasteiger partial charge in [-0.1, -0.05) is 13.8 Å². The first-order valence-corrected chi connectivity index (χ1v) is 6.78. The van der Waals surface area contributed by atoms with Crippen molar-refractivity contribution in [3.05, 3.63) is 28.2 Å². The summed E-state index contributed by atoms with van der Waals surface area (Å²) in [5.41, 5.74) is -0.0342. The largest absolute Gasteiger partial charge is 0.374 e. The molecule has 0 spiro atoms. The molecule has 106 valence electrons. The van der Waals surface area contributed by atoms with Crippen molar-refractivity contribution in [2.24, 2.45) is 5.92 Å². The molecule has 0 aliphatic rings. The Morgan fingerprint density at radius 3 is 2.47 bits per heavy atom. The molecule has 1 amide bonds. The minimum atomic E-state index is -0.613. The molecular formula is C13H17BrF2N2O.